The Morgan fingerprint density at radius 2 is 1.50 bits per heavy atom. The number of anilines is 1. The van der Waals surface area contributed by atoms with Gasteiger partial charge in [0.25, 0.3) is 0 Å². The van der Waals surface area contributed by atoms with Gasteiger partial charge in [0, 0.05) is 24.2 Å². The first-order valence-electron chi connectivity index (χ1n) is 5.99. The molecule has 4 N–H and O–H groups in total. The van der Waals surface area contributed by atoms with Gasteiger partial charge in [0.05, 0.1) is 18.8 Å². The van der Waals surface area contributed by atoms with Crippen LogP contribution < -0.4 is 16.1 Å². The van der Waals surface area contributed by atoms with E-state index in [4.69, 9.17) is 5.21 Å². The second-order valence-electron chi connectivity index (χ2n) is 4.23. The molecule has 0 bridgehead atoms. The summed E-state index contributed by atoms with van der Waals surface area (Å²) in [4.78, 5) is 8.77. The quantitative estimate of drug-likeness (QED) is 0.573. The number of nitrogens with one attached hydrogen (secondary N) is 3. The van der Waals surface area contributed by atoms with Gasteiger partial charge in [-0.05, 0) is 18.2 Å². The van der Waals surface area contributed by atoms with Crippen molar-refractivity contribution in [1.29, 1.82) is 0 Å². The molecule has 0 aliphatic carbocycles. The molecule has 2 heterocycles. The van der Waals surface area contributed by atoms with E-state index in [1.165, 1.54) is 0 Å². The predicted molar refractivity (Wildman–Crippen MR) is 70.7 cm³/mol. The van der Waals surface area contributed by atoms with Crippen LogP contribution in [-0.2, 0) is 0 Å². The molecule has 18 heavy (non-hydrogen) atoms. The monoisotopic (exact) mass is 245 g/mol. The van der Waals surface area contributed by atoms with Crippen LogP contribution in [0.1, 0.15) is 11.1 Å². The molecule has 6 heteroatoms. The Kier molecular flexibility index (Phi) is 2.85. The van der Waals surface area contributed by atoms with Crippen LogP contribution in [0.15, 0.2) is 28.2 Å². The SMILES string of the molecule is ONc1cc(C2=NCCN2)cc(C2=NCCN2)c1. The van der Waals surface area contributed by atoms with Crippen molar-refractivity contribution < 1.29 is 5.21 Å². The van der Waals surface area contributed by atoms with E-state index in [9.17, 15) is 0 Å². The lowest BCUT2D eigenvalue weighted by Crippen LogP contribution is -2.22. The topological polar surface area (TPSA) is 81.0 Å². The Hall–Kier alpha value is -2.08. The maximum atomic E-state index is 9.10. The van der Waals surface area contributed by atoms with Gasteiger partial charge >= 0.3 is 0 Å². The van der Waals surface area contributed by atoms with E-state index in [1.54, 1.807) is 0 Å². The van der Waals surface area contributed by atoms with E-state index in [0.717, 1.165) is 49.0 Å². The van der Waals surface area contributed by atoms with Gasteiger partial charge in [0.15, 0.2) is 0 Å². The lowest BCUT2D eigenvalue weighted by atomic mass is 10.1. The van der Waals surface area contributed by atoms with Crippen molar-refractivity contribution in [2.24, 2.45) is 9.98 Å². The fourth-order valence-electron chi connectivity index (χ4n) is 2.15. The smallest absolute Gasteiger partial charge is 0.128 e. The van der Waals surface area contributed by atoms with E-state index in [1.807, 2.05) is 18.2 Å². The van der Waals surface area contributed by atoms with Crippen LogP contribution in [0.5, 0.6) is 0 Å². The molecule has 0 fully saturated rings. The van der Waals surface area contributed by atoms with E-state index in [-0.39, 0.29) is 0 Å². The summed E-state index contributed by atoms with van der Waals surface area (Å²) in [7, 11) is 0. The third-order valence-corrected chi connectivity index (χ3v) is 2.96. The lowest BCUT2D eigenvalue weighted by Gasteiger charge is -2.10. The van der Waals surface area contributed by atoms with Crippen LogP contribution in [0.4, 0.5) is 5.69 Å². The highest BCUT2D eigenvalue weighted by Gasteiger charge is 2.14. The lowest BCUT2D eigenvalue weighted by molar-refractivity contribution is 0.389. The summed E-state index contributed by atoms with van der Waals surface area (Å²) >= 11 is 0. The Bertz CT molecular complexity index is 481. The normalized spacial score (nSPS) is 17.8. The van der Waals surface area contributed by atoms with Crippen LogP contribution in [-0.4, -0.2) is 43.1 Å². The van der Waals surface area contributed by atoms with Crippen LogP contribution in [0.2, 0.25) is 0 Å². The van der Waals surface area contributed by atoms with Gasteiger partial charge in [0.2, 0.25) is 0 Å². The molecular formula is C12H15N5O. The van der Waals surface area contributed by atoms with Gasteiger partial charge in [0.1, 0.15) is 11.7 Å². The summed E-state index contributed by atoms with van der Waals surface area (Å²) < 4.78 is 0. The summed E-state index contributed by atoms with van der Waals surface area (Å²) in [5.41, 5.74) is 4.74. The standard InChI is InChI=1S/C12H15N5O/c18-17-10-6-8(11-13-1-2-14-11)5-9(7-10)12-15-3-4-16-12/h5-7,17-18H,1-4H2,(H,13,14)(H,15,16). The van der Waals surface area contributed by atoms with Crippen molar-refractivity contribution in [3.63, 3.8) is 0 Å². The summed E-state index contributed by atoms with van der Waals surface area (Å²) in [5.74, 6) is 1.74. The Labute approximate surface area is 105 Å². The zero-order valence-corrected chi connectivity index (χ0v) is 9.90. The molecule has 2 aliphatic heterocycles. The molecule has 94 valence electrons. The van der Waals surface area contributed by atoms with Gasteiger partial charge < -0.3 is 10.6 Å². The highest BCUT2D eigenvalue weighted by Crippen LogP contribution is 2.17. The number of rotatable bonds is 3. The number of benzene rings is 1. The average Bonchev–Trinajstić information content (AvgIpc) is 3.10. The number of amidine groups is 2. The minimum Gasteiger partial charge on any atom is -0.368 e. The van der Waals surface area contributed by atoms with Crippen LogP contribution in [0.3, 0.4) is 0 Å². The largest absolute Gasteiger partial charge is 0.368 e. The maximum Gasteiger partial charge on any atom is 0.128 e. The number of nitrogens with zero attached hydrogens (tertiary/aromatic N) is 2. The van der Waals surface area contributed by atoms with Gasteiger partial charge in [-0.2, -0.15) is 0 Å². The average molecular weight is 245 g/mol. The second kappa shape index (κ2) is 4.66. The maximum absolute atomic E-state index is 9.10. The summed E-state index contributed by atoms with van der Waals surface area (Å²) in [6, 6.07) is 5.74. The molecule has 0 saturated carbocycles. The minimum atomic E-state index is 0.635. The third kappa shape index (κ3) is 2.02. The predicted octanol–water partition coefficient (Wildman–Crippen LogP) is 0.187. The first-order chi connectivity index (χ1) is 8.86. The zero-order valence-electron chi connectivity index (χ0n) is 9.90. The molecule has 0 spiro atoms. The summed E-state index contributed by atoms with van der Waals surface area (Å²) in [6.07, 6.45) is 0. The fraction of sp³-hybridized carbons (Fsp3) is 0.333. The van der Waals surface area contributed by atoms with Crippen molar-refractivity contribution in [3.05, 3.63) is 29.3 Å². The first kappa shape index (κ1) is 11.0. The molecular weight excluding hydrogens is 230 g/mol. The van der Waals surface area contributed by atoms with Crippen molar-refractivity contribution in [3.8, 4) is 0 Å². The fourth-order valence-corrected chi connectivity index (χ4v) is 2.15. The Morgan fingerprint density at radius 3 is 1.89 bits per heavy atom. The van der Waals surface area contributed by atoms with Crippen molar-refractivity contribution in [2.45, 2.75) is 0 Å². The van der Waals surface area contributed by atoms with E-state index < -0.39 is 0 Å². The number of hydrogen-bond acceptors (Lipinski definition) is 6. The first-order valence-corrected chi connectivity index (χ1v) is 5.99. The summed E-state index contributed by atoms with van der Waals surface area (Å²) in [5, 5.41) is 15.5. The van der Waals surface area contributed by atoms with Crippen LogP contribution >= 0.6 is 0 Å². The van der Waals surface area contributed by atoms with Crippen LogP contribution in [0.25, 0.3) is 0 Å². The van der Waals surface area contributed by atoms with E-state index >= 15 is 0 Å². The number of aliphatic imine (C=N–C) groups is 2. The molecule has 0 saturated heterocycles. The molecule has 0 radical (unpaired) electrons. The van der Waals surface area contributed by atoms with Crippen molar-refractivity contribution >= 4 is 17.4 Å². The number of hydrogen-bond donors (Lipinski definition) is 4. The highest BCUT2D eigenvalue weighted by molar-refractivity contribution is 6.05. The molecule has 2 aliphatic rings. The molecule has 1 aromatic rings. The molecule has 1 aromatic carbocycles. The van der Waals surface area contributed by atoms with Crippen molar-refractivity contribution in [1.82, 2.24) is 10.6 Å². The minimum absolute atomic E-state index is 0.635. The van der Waals surface area contributed by atoms with E-state index in [0.29, 0.717) is 5.69 Å². The van der Waals surface area contributed by atoms with Gasteiger partial charge in [-0.1, -0.05) is 0 Å². The molecule has 0 unspecified atom stereocenters. The molecule has 0 amide bonds. The molecule has 0 aromatic heterocycles. The zero-order chi connectivity index (χ0) is 12.4. The third-order valence-electron chi connectivity index (χ3n) is 2.96. The molecule has 3 rings (SSSR count). The van der Waals surface area contributed by atoms with Gasteiger partial charge in [-0.15, -0.1) is 0 Å². The Morgan fingerprint density at radius 1 is 0.944 bits per heavy atom. The Balaban J connectivity index is 2.01. The molecule has 0 atom stereocenters. The van der Waals surface area contributed by atoms with Gasteiger partial charge in [-0.3, -0.25) is 20.7 Å². The second-order valence-corrected chi connectivity index (χ2v) is 4.23. The highest BCUT2D eigenvalue weighted by atomic mass is 16.5. The summed E-state index contributed by atoms with van der Waals surface area (Å²) in [6.45, 7) is 3.31. The molecule has 6 nitrogen and oxygen atoms in total. The van der Waals surface area contributed by atoms with Crippen molar-refractivity contribution in [2.75, 3.05) is 31.7 Å². The van der Waals surface area contributed by atoms with E-state index in [2.05, 4.69) is 26.1 Å². The van der Waals surface area contributed by atoms with Crippen LogP contribution in [0, 0.1) is 0 Å². The van der Waals surface area contributed by atoms with Gasteiger partial charge in [-0.25, -0.2) is 0 Å².